The average Bonchev–Trinajstić information content (AvgIpc) is 4.09. The van der Waals surface area contributed by atoms with E-state index in [1.54, 1.807) is 0 Å². The first kappa shape index (κ1) is 36.8. The highest BCUT2D eigenvalue weighted by atomic mass is 16.3. The molecule has 0 radical (unpaired) electrons. The number of rotatable bonds is 7. The maximum Gasteiger partial charge on any atom is 0.160 e. The topological polar surface area (TPSA) is 48.8 Å². The number of nitrogens with zero attached hydrogens (tertiary/aromatic N) is 4. The summed E-state index contributed by atoms with van der Waals surface area (Å²) in [5, 5.41) is 5.77. The van der Waals surface area contributed by atoms with Gasteiger partial charge < -0.3 is 13.6 Å². The van der Waals surface area contributed by atoms with Gasteiger partial charge in [0.05, 0.1) is 33.6 Å². The first-order chi connectivity index (χ1) is 32.2. The number of fused-ring (bicyclic) bond motifs is 7. The van der Waals surface area contributed by atoms with Gasteiger partial charge in [0, 0.05) is 61.1 Å². The molecule has 9 aromatic carbocycles. The van der Waals surface area contributed by atoms with E-state index in [1.807, 2.05) is 42.5 Å². The normalized spacial score (nSPS) is 11.7. The first-order valence-corrected chi connectivity index (χ1v) is 22.0. The van der Waals surface area contributed by atoms with E-state index in [-0.39, 0.29) is 0 Å². The third-order valence-electron chi connectivity index (χ3n) is 12.8. The molecule has 0 amide bonds. The summed E-state index contributed by atoms with van der Waals surface area (Å²) in [6.45, 7) is 0. The second-order valence-corrected chi connectivity index (χ2v) is 16.6. The van der Waals surface area contributed by atoms with Gasteiger partial charge >= 0.3 is 0 Å². The molecule has 0 bridgehead atoms. The minimum Gasteiger partial charge on any atom is -0.455 e. The fraction of sp³-hybridized carbons (Fsp3) is 0. The predicted molar refractivity (Wildman–Crippen MR) is 268 cm³/mol. The summed E-state index contributed by atoms with van der Waals surface area (Å²) in [6.07, 6.45) is 2.19. The molecule has 304 valence electrons. The number of hydrogen-bond donors (Lipinski definition) is 0. The van der Waals surface area contributed by atoms with Crippen molar-refractivity contribution in [3.8, 4) is 67.5 Å². The molecule has 5 nitrogen and oxygen atoms in total. The van der Waals surface area contributed by atoms with Gasteiger partial charge in [-0.05, 0) is 77.4 Å². The molecule has 0 aliphatic heterocycles. The number of para-hydroxylation sites is 4. The van der Waals surface area contributed by atoms with Gasteiger partial charge in [-0.3, -0.25) is 0 Å². The lowest BCUT2D eigenvalue weighted by Crippen LogP contribution is -1.98. The molecule has 5 heteroatoms. The van der Waals surface area contributed by atoms with Crippen LogP contribution < -0.4 is 0 Å². The molecule has 0 unspecified atom stereocenters. The SMILES string of the molecule is c1ccc(-c2cc(-c3ccccc3)nc(-c3ccc(-c4ccc5c(c4)c4ccccc4n5-c4cc(-c5cccc6c5oc5ccccc56)cc5c4ccn5-c4ccccc4)cc3)n2)cc1. The van der Waals surface area contributed by atoms with Crippen LogP contribution in [-0.4, -0.2) is 19.1 Å². The Morgan fingerprint density at radius 2 is 0.969 bits per heavy atom. The number of benzene rings is 9. The summed E-state index contributed by atoms with van der Waals surface area (Å²) in [4.78, 5) is 10.2. The Kier molecular flexibility index (Phi) is 8.46. The molecule has 0 atom stereocenters. The Morgan fingerprint density at radius 3 is 1.72 bits per heavy atom. The lowest BCUT2D eigenvalue weighted by atomic mass is 10.00. The summed E-state index contributed by atoms with van der Waals surface area (Å²) >= 11 is 0. The third-order valence-corrected chi connectivity index (χ3v) is 12.8. The van der Waals surface area contributed by atoms with Crippen molar-refractivity contribution in [2.24, 2.45) is 0 Å². The van der Waals surface area contributed by atoms with Gasteiger partial charge in [0.15, 0.2) is 5.82 Å². The van der Waals surface area contributed by atoms with Crippen LogP contribution in [0.1, 0.15) is 0 Å². The smallest absolute Gasteiger partial charge is 0.160 e. The standard InChI is InChI=1S/C60H38N4O/c1-4-15-40(16-5-1)52-38-53(41-17-6-2-7-18-41)62-60(61-52)42-29-27-39(28-30-42)43-31-32-55-51(35-43)47-21-10-12-25-54(47)64(55)57-37-44(36-56-50(57)33-34-63(56)45-19-8-3-9-20-45)46-23-14-24-49-48-22-11-13-26-58(48)65-59(46)49/h1-38H. The molecular weight excluding hydrogens is 793 g/mol. The van der Waals surface area contributed by atoms with E-state index in [0.29, 0.717) is 5.82 Å². The molecule has 0 saturated carbocycles. The van der Waals surface area contributed by atoms with Crippen molar-refractivity contribution in [1.82, 2.24) is 19.1 Å². The van der Waals surface area contributed by atoms with Crippen LogP contribution in [0.5, 0.6) is 0 Å². The zero-order valence-corrected chi connectivity index (χ0v) is 35.1. The van der Waals surface area contributed by atoms with Crippen molar-refractivity contribution in [3.63, 3.8) is 0 Å². The molecule has 0 N–H and O–H groups in total. The monoisotopic (exact) mass is 830 g/mol. The molecular formula is C60H38N4O. The van der Waals surface area contributed by atoms with Gasteiger partial charge in [0.25, 0.3) is 0 Å². The predicted octanol–water partition coefficient (Wildman–Crippen LogP) is 15.8. The van der Waals surface area contributed by atoms with Crippen molar-refractivity contribution in [1.29, 1.82) is 0 Å². The quantitative estimate of drug-likeness (QED) is 0.161. The molecule has 0 aliphatic rings. The summed E-state index contributed by atoms with van der Waals surface area (Å²) < 4.78 is 11.4. The fourth-order valence-electron chi connectivity index (χ4n) is 9.66. The van der Waals surface area contributed by atoms with Crippen LogP contribution in [0.15, 0.2) is 235 Å². The summed E-state index contributed by atoms with van der Waals surface area (Å²) in [6, 6.07) is 79.3. The molecule has 13 aromatic rings. The molecule has 0 spiro atoms. The summed E-state index contributed by atoms with van der Waals surface area (Å²) in [5.41, 5.74) is 16.7. The van der Waals surface area contributed by atoms with E-state index in [1.165, 1.54) is 10.8 Å². The highest BCUT2D eigenvalue weighted by Gasteiger charge is 2.21. The number of hydrogen-bond acceptors (Lipinski definition) is 3. The van der Waals surface area contributed by atoms with Gasteiger partial charge in [0.2, 0.25) is 0 Å². The van der Waals surface area contributed by atoms with Gasteiger partial charge in [-0.15, -0.1) is 0 Å². The molecule has 13 rings (SSSR count). The van der Waals surface area contributed by atoms with Crippen LogP contribution in [0.25, 0.3) is 122 Å². The maximum absolute atomic E-state index is 6.63. The summed E-state index contributed by atoms with van der Waals surface area (Å²) in [5.74, 6) is 0.696. The van der Waals surface area contributed by atoms with E-state index in [9.17, 15) is 0 Å². The zero-order chi connectivity index (χ0) is 42.8. The Balaban J connectivity index is 0.959. The molecule has 0 saturated heterocycles. The van der Waals surface area contributed by atoms with Crippen molar-refractivity contribution in [2.45, 2.75) is 0 Å². The highest BCUT2D eigenvalue weighted by Crippen LogP contribution is 2.42. The van der Waals surface area contributed by atoms with Crippen LogP contribution in [0.4, 0.5) is 0 Å². The minimum atomic E-state index is 0.696. The van der Waals surface area contributed by atoms with Crippen LogP contribution in [0.2, 0.25) is 0 Å². The van der Waals surface area contributed by atoms with Gasteiger partial charge in [-0.2, -0.15) is 0 Å². The van der Waals surface area contributed by atoms with Crippen LogP contribution in [-0.2, 0) is 0 Å². The summed E-state index contributed by atoms with van der Waals surface area (Å²) in [7, 11) is 0. The average molecular weight is 831 g/mol. The van der Waals surface area contributed by atoms with E-state index >= 15 is 0 Å². The maximum atomic E-state index is 6.63. The van der Waals surface area contributed by atoms with Gasteiger partial charge in [-0.25, -0.2) is 9.97 Å². The Hall–Kier alpha value is -8.80. The van der Waals surface area contributed by atoms with E-state index in [2.05, 4.69) is 197 Å². The lowest BCUT2D eigenvalue weighted by molar-refractivity contribution is 0.670. The van der Waals surface area contributed by atoms with Crippen molar-refractivity contribution < 1.29 is 4.42 Å². The largest absolute Gasteiger partial charge is 0.455 e. The number of aromatic nitrogens is 4. The lowest BCUT2D eigenvalue weighted by Gasteiger charge is -2.15. The van der Waals surface area contributed by atoms with Crippen LogP contribution >= 0.6 is 0 Å². The van der Waals surface area contributed by atoms with Gasteiger partial charge in [0.1, 0.15) is 11.2 Å². The molecule has 0 aliphatic carbocycles. The highest BCUT2D eigenvalue weighted by molar-refractivity contribution is 6.13. The van der Waals surface area contributed by atoms with E-state index < -0.39 is 0 Å². The molecule has 0 fully saturated rings. The molecule has 4 heterocycles. The van der Waals surface area contributed by atoms with Crippen molar-refractivity contribution in [3.05, 3.63) is 231 Å². The first-order valence-electron chi connectivity index (χ1n) is 22.0. The second-order valence-electron chi connectivity index (χ2n) is 16.6. The zero-order valence-electron chi connectivity index (χ0n) is 35.1. The Morgan fingerprint density at radius 1 is 0.354 bits per heavy atom. The minimum absolute atomic E-state index is 0.696. The molecule has 4 aromatic heterocycles. The second kappa shape index (κ2) is 14.9. The van der Waals surface area contributed by atoms with E-state index in [4.69, 9.17) is 14.4 Å². The Labute approximate surface area is 374 Å². The van der Waals surface area contributed by atoms with Crippen molar-refractivity contribution in [2.75, 3.05) is 0 Å². The van der Waals surface area contributed by atoms with Gasteiger partial charge in [-0.1, -0.05) is 164 Å². The van der Waals surface area contributed by atoms with E-state index in [0.717, 1.165) is 106 Å². The fourth-order valence-corrected chi connectivity index (χ4v) is 9.66. The van der Waals surface area contributed by atoms with Crippen molar-refractivity contribution >= 4 is 54.6 Å². The van der Waals surface area contributed by atoms with Crippen LogP contribution in [0.3, 0.4) is 0 Å². The third kappa shape index (κ3) is 6.16. The Bertz CT molecular complexity index is 3860. The molecule has 65 heavy (non-hydrogen) atoms. The van der Waals surface area contributed by atoms with Crippen LogP contribution in [0, 0.1) is 0 Å². The number of furan rings is 1.